The van der Waals surface area contributed by atoms with Crippen LogP contribution >= 0.6 is 35.2 Å². The third-order valence-corrected chi connectivity index (χ3v) is 5.44. The van der Waals surface area contributed by atoms with Gasteiger partial charge in [0, 0.05) is 5.02 Å². The van der Waals surface area contributed by atoms with Gasteiger partial charge in [0.15, 0.2) is 10.9 Å². The van der Waals surface area contributed by atoms with Crippen molar-refractivity contribution in [2.45, 2.75) is 17.9 Å². The van der Waals surface area contributed by atoms with Crippen LogP contribution < -0.4 is 10.6 Å². The van der Waals surface area contributed by atoms with Crippen LogP contribution in [0.25, 0.3) is 0 Å². The third-order valence-electron chi connectivity index (χ3n) is 4.08. The Bertz CT molecular complexity index is 827. The van der Waals surface area contributed by atoms with Gasteiger partial charge in [0.25, 0.3) is 0 Å². The zero-order valence-electron chi connectivity index (χ0n) is 12.9. The van der Waals surface area contributed by atoms with Gasteiger partial charge in [-0.15, -0.1) is 11.3 Å². The van der Waals surface area contributed by atoms with Crippen LogP contribution in [-0.2, 0) is 0 Å². The lowest BCUT2D eigenvalue weighted by Crippen LogP contribution is -2.72. The van der Waals surface area contributed by atoms with Gasteiger partial charge < -0.3 is 15.7 Å². The number of hydrogen-bond acceptors (Lipinski definition) is 4. The predicted octanol–water partition coefficient (Wildman–Crippen LogP) is 3.67. The summed E-state index contributed by atoms with van der Waals surface area (Å²) in [6.45, 7) is 0. The number of hydrogen-bond donors (Lipinski definition) is 3. The summed E-state index contributed by atoms with van der Waals surface area (Å²) in [7, 11) is 0. The van der Waals surface area contributed by atoms with Crippen molar-refractivity contribution >= 4 is 46.1 Å². The van der Waals surface area contributed by atoms with E-state index in [4.69, 9.17) is 23.8 Å². The molecule has 1 aromatic heterocycles. The van der Waals surface area contributed by atoms with Crippen molar-refractivity contribution in [3.8, 4) is 0 Å². The normalized spacial score (nSPS) is 26.1. The first-order chi connectivity index (χ1) is 12.1. The number of nitrogens with one attached hydrogen (secondary N) is 2. The smallest absolute Gasteiger partial charge is 0.363 e. The number of benzene rings is 1. The maximum absolute atomic E-state index is 13.7. The number of Topliss-reactive ketones (excluding diaryl/α,β-unsaturated/α-hetero) is 1. The summed E-state index contributed by atoms with van der Waals surface area (Å²) in [5, 5.41) is 16.6. The van der Waals surface area contributed by atoms with Crippen LogP contribution in [0.2, 0.25) is 5.02 Å². The maximum atomic E-state index is 13.7. The second kappa shape index (κ2) is 6.80. The molecule has 3 atom stereocenters. The molecule has 1 aliphatic heterocycles. The Morgan fingerprint density at radius 3 is 2.46 bits per heavy atom. The molecule has 0 amide bonds. The summed E-state index contributed by atoms with van der Waals surface area (Å²) in [5.74, 6) is -2.74. The van der Waals surface area contributed by atoms with Crippen LogP contribution in [0, 0.1) is 5.92 Å². The van der Waals surface area contributed by atoms with Crippen LogP contribution in [-0.4, -0.2) is 27.9 Å². The third kappa shape index (κ3) is 3.32. The molecule has 0 spiro atoms. The van der Waals surface area contributed by atoms with Crippen LogP contribution in [0.3, 0.4) is 0 Å². The summed E-state index contributed by atoms with van der Waals surface area (Å²) >= 11 is 11.7. The van der Waals surface area contributed by atoms with Gasteiger partial charge in [-0.25, -0.2) is 0 Å². The topological polar surface area (TPSA) is 61.4 Å². The van der Waals surface area contributed by atoms with E-state index in [1.54, 1.807) is 11.4 Å². The molecule has 3 N–H and O–H groups in total. The van der Waals surface area contributed by atoms with Crippen molar-refractivity contribution in [2.75, 3.05) is 0 Å². The van der Waals surface area contributed by atoms with E-state index in [0.29, 0.717) is 10.6 Å². The SMILES string of the molecule is O=C(c1cccs1)C1C(c2ccc(Cl)cc2)NC(=S)NC1(O)C(F)(F)F. The number of thiocarbonyl (C=S) groups is 1. The zero-order valence-corrected chi connectivity index (χ0v) is 15.3. The van der Waals surface area contributed by atoms with E-state index in [0.717, 1.165) is 11.3 Å². The van der Waals surface area contributed by atoms with E-state index in [1.807, 2.05) is 5.32 Å². The molecule has 0 radical (unpaired) electrons. The highest BCUT2D eigenvalue weighted by Crippen LogP contribution is 2.44. The van der Waals surface area contributed by atoms with Crippen molar-refractivity contribution < 1.29 is 23.1 Å². The first-order valence-electron chi connectivity index (χ1n) is 7.34. The monoisotopic (exact) mass is 420 g/mol. The lowest BCUT2D eigenvalue weighted by Gasteiger charge is -2.46. The van der Waals surface area contributed by atoms with Crippen molar-refractivity contribution in [1.29, 1.82) is 0 Å². The molecule has 0 bridgehead atoms. The van der Waals surface area contributed by atoms with Gasteiger partial charge >= 0.3 is 6.18 Å². The second-order valence-electron chi connectivity index (χ2n) is 5.71. The number of carbonyl (C=O) groups is 1. The molecule has 1 saturated heterocycles. The van der Waals surface area contributed by atoms with Crippen molar-refractivity contribution in [2.24, 2.45) is 5.92 Å². The summed E-state index contributed by atoms with van der Waals surface area (Å²) in [5.41, 5.74) is -3.17. The quantitative estimate of drug-likeness (QED) is 0.522. The lowest BCUT2D eigenvalue weighted by molar-refractivity contribution is -0.285. The zero-order chi connectivity index (χ0) is 19.1. The van der Waals surface area contributed by atoms with Gasteiger partial charge in [-0.05, 0) is 41.4 Å². The Balaban J connectivity index is 2.14. The molecule has 0 saturated carbocycles. The molecule has 1 aliphatic rings. The summed E-state index contributed by atoms with van der Waals surface area (Å²) in [6.07, 6.45) is -5.14. The average molecular weight is 421 g/mol. The minimum absolute atomic E-state index is 0.105. The Labute approximate surface area is 161 Å². The molecule has 2 heterocycles. The average Bonchev–Trinajstić information content (AvgIpc) is 3.08. The van der Waals surface area contributed by atoms with E-state index in [-0.39, 0.29) is 4.88 Å². The van der Waals surface area contributed by atoms with E-state index < -0.39 is 34.8 Å². The van der Waals surface area contributed by atoms with Gasteiger partial charge in [-0.3, -0.25) is 4.79 Å². The summed E-state index contributed by atoms with van der Waals surface area (Å²) in [6, 6.07) is 7.72. The van der Waals surface area contributed by atoms with E-state index in [1.165, 1.54) is 30.3 Å². The van der Waals surface area contributed by atoms with Crippen molar-refractivity contribution in [3.05, 3.63) is 57.2 Å². The number of alkyl halides is 3. The fraction of sp³-hybridized carbons (Fsp3) is 0.250. The first kappa shape index (κ1) is 19.1. The minimum atomic E-state index is -5.14. The van der Waals surface area contributed by atoms with Crippen molar-refractivity contribution in [3.63, 3.8) is 0 Å². The van der Waals surface area contributed by atoms with Crippen LogP contribution in [0.1, 0.15) is 21.3 Å². The summed E-state index contributed by atoms with van der Waals surface area (Å²) < 4.78 is 41.2. The van der Waals surface area contributed by atoms with Gasteiger partial charge in [0.2, 0.25) is 5.72 Å². The Morgan fingerprint density at radius 2 is 1.92 bits per heavy atom. The molecule has 3 rings (SSSR count). The molecule has 138 valence electrons. The molecule has 1 aromatic carbocycles. The standard InChI is InChI=1S/C16H12ClF3N2O2S2/c17-9-5-3-8(4-6-9)12-11(13(23)10-2-1-7-26-10)15(24,16(18,19)20)22-14(25)21-12/h1-7,11-12,24H,(H2,21,22,25). The number of halogens is 4. The van der Waals surface area contributed by atoms with Crippen LogP contribution in [0.15, 0.2) is 41.8 Å². The second-order valence-corrected chi connectivity index (χ2v) is 7.50. The Kier molecular flexibility index (Phi) is 5.00. The van der Waals surface area contributed by atoms with E-state index >= 15 is 0 Å². The first-order valence-corrected chi connectivity index (χ1v) is 9.01. The maximum Gasteiger partial charge on any atom is 0.437 e. The van der Waals surface area contributed by atoms with Crippen LogP contribution in [0.4, 0.5) is 13.2 Å². The molecule has 0 aliphatic carbocycles. The number of ketones is 1. The Morgan fingerprint density at radius 1 is 1.27 bits per heavy atom. The van der Waals surface area contributed by atoms with E-state index in [2.05, 4.69) is 5.32 Å². The fourth-order valence-electron chi connectivity index (χ4n) is 2.86. The lowest BCUT2D eigenvalue weighted by atomic mass is 9.79. The highest BCUT2D eigenvalue weighted by molar-refractivity contribution is 7.80. The van der Waals surface area contributed by atoms with Crippen molar-refractivity contribution in [1.82, 2.24) is 10.6 Å². The number of aliphatic hydroxyl groups is 1. The highest BCUT2D eigenvalue weighted by atomic mass is 35.5. The molecule has 3 unspecified atom stereocenters. The summed E-state index contributed by atoms with van der Waals surface area (Å²) in [4.78, 5) is 13.0. The molecule has 10 heteroatoms. The molecule has 4 nitrogen and oxygen atoms in total. The van der Waals surface area contributed by atoms with Gasteiger partial charge in [0.1, 0.15) is 5.92 Å². The van der Waals surface area contributed by atoms with Crippen LogP contribution in [0.5, 0.6) is 0 Å². The molecular weight excluding hydrogens is 409 g/mol. The number of carbonyl (C=O) groups excluding carboxylic acids is 1. The largest absolute Gasteiger partial charge is 0.437 e. The minimum Gasteiger partial charge on any atom is -0.363 e. The van der Waals surface area contributed by atoms with Gasteiger partial charge in [0.05, 0.1) is 10.9 Å². The highest BCUT2D eigenvalue weighted by Gasteiger charge is 2.65. The predicted molar refractivity (Wildman–Crippen MR) is 96.2 cm³/mol. The molecule has 26 heavy (non-hydrogen) atoms. The van der Waals surface area contributed by atoms with E-state index in [9.17, 15) is 23.1 Å². The number of rotatable bonds is 3. The number of thiophene rings is 1. The molecule has 2 aromatic rings. The Hall–Kier alpha value is -1.68. The van der Waals surface area contributed by atoms with Gasteiger partial charge in [-0.2, -0.15) is 13.2 Å². The molecule has 1 fully saturated rings. The molecular formula is C16H12ClF3N2O2S2. The van der Waals surface area contributed by atoms with Gasteiger partial charge in [-0.1, -0.05) is 29.8 Å². The fourth-order valence-corrected chi connectivity index (χ4v) is 3.97.